The van der Waals surface area contributed by atoms with Gasteiger partial charge in [-0.3, -0.25) is 9.13 Å². The number of para-hydroxylation sites is 4. The van der Waals surface area contributed by atoms with E-state index in [2.05, 4.69) is 59.2 Å². The van der Waals surface area contributed by atoms with Crippen LogP contribution in [0.15, 0.2) is 206 Å². The van der Waals surface area contributed by atoms with E-state index in [0.29, 0.717) is 49.3 Å². The second-order valence-electron chi connectivity index (χ2n) is 20.7. The van der Waals surface area contributed by atoms with Crippen molar-refractivity contribution in [1.82, 2.24) is 23.3 Å². The highest BCUT2D eigenvalue weighted by atomic mass is 32.1. The fourth-order valence-corrected chi connectivity index (χ4v) is 15.2. The number of rotatable bonds is 4. The number of hydrogen-bond donors (Lipinski definition) is 0. The van der Waals surface area contributed by atoms with Gasteiger partial charge in [-0.15, -0.1) is 22.7 Å². The van der Waals surface area contributed by atoms with E-state index >= 15 is 0 Å². The third-order valence-electron chi connectivity index (χ3n) is 16.4. The Morgan fingerprint density at radius 3 is 1.07 bits per heavy atom. The summed E-state index contributed by atoms with van der Waals surface area (Å²) in [5.41, 5.74) is 3.83. The molecule has 17 aromatic rings. The summed E-state index contributed by atoms with van der Waals surface area (Å²) < 4.78 is 101. The van der Waals surface area contributed by atoms with E-state index in [1.54, 1.807) is 46.9 Å². The monoisotopic (exact) mass is 1110 g/mol. The Morgan fingerprint density at radius 2 is 0.646 bits per heavy atom. The zero-order chi connectivity index (χ0) is 55.1. The predicted molar refractivity (Wildman–Crippen MR) is 322 cm³/mol. The number of thiophene rings is 2. The van der Waals surface area contributed by atoms with E-state index in [4.69, 9.17) is 4.98 Å². The first-order valence-corrected chi connectivity index (χ1v) is 27.9. The van der Waals surface area contributed by atoms with Crippen molar-refractivity contribution in [3.8, 4) is 29.1 Å². The molecule has 10 aromatic carbocycles. The van der Waals surface area contributed by atoms with Gasteiger partial charge < -0.3 is 9.13 Å². The molecule has 0 aliphatic carbocycles. The Labute approximate surface area is 466 Å². The second kappa shape index (κ2) is 16.6. The van der Waals surface area contributed by atoms with Crippen LogP contribution >= 0.6 is 22.7 Å². The summed E-state index contributed by atoms with van der Waals surface area (Å²) in [6.07, 6.45) is -9.33. The molecule has 0 bridgehead atoms. The van der Waals surface area contributed by atoms with Gasteiger partial charge in [-0.05, 0) is 97.1 Å². The van der Waals surface area contributed by atoms with Gasteiger partial charge in [-0.1, -0.05) is 109 Å². The smallest absolute Gasteiger partial charge is 0.305 e. The van der Waals surface area contributed by atoms with Gasteiger partial charge in [0, 0.05) is 83.4 Å². The van der Waals surface area contributed by atoms with E-state index in [1.807, 2.05) is 111 Å². The van der Waals surface area contributed by atoms with Crippen LogP contribution in [0.5, 0.6) is 0 Å². The summed E-state index contributed by atoms with van der Waals surface area (Å²) >= 11 is 3.29. The van der Waals surface area contributed by atoms with Crippen LogP contribution < -0.4 is 0 Å². The summed E-state index contributed by atoms with van der Waals surface area (Å²) in [6.45, 7) is 0. The molecule has 0 amide bonds. The number of benzene rings is 10. The molecule has 82 heavy (non-hydrogen) atoms. The number of halogens is 6. The Kier molecular flexibility index (Phi) is 9.49. The van der Waals surface area contributed by atoms with Gasteiger partial charge in [0.1, 0.15) is 23.0 Å². The fraction of sp³-hybridized carbons (Fsp3) is 0.0294. The van der Waals surface area contributed by atoms with Gasteiger partial charge in [-0.25, -0.2) is 4.98 Å². The minimum atomic E-state index is -4.67. The summed E-state index contributed by atoms with van der Waals surface area (Å²) in [4.78, 5) is 5.99. The van der Waals surface area contributed by atoms with Gasteiger partial charge in [0.15, 0.2) is 11.6 Å². The molecule has 0 unspecified atom stereocenters. The molecule has 7 heterocycles. The first kappa shape index (κ1) is 46.9. The lowest BCUT2D eigenvalue weighted by Gasteiger charge is -2.24. The third-order valence-corrected chi connectivity index (χ3v) is 18.7. The maximum absolute atomic E-state index is 14.9. The Hall–Kier alpha value is -9.94. The maximum atomic E-state index is 14.9. The van der Waals surface area contributed by atoms with Crippen LogP contribution in [0.2, 0.25) is 0 Å². The van der Waals surface area contributed by atoms with Crippen LogP contribution in [-0.4, -0.2) is 23.3 Å². The topological polar surface area (TPSA) is 56.4 Å². The molecule has 6 nitrogen and oxygen atoms in total. The summed E-state index contributed by atoms with van der Waals surface area (Å²) in [7, 11) is 0. The number of fused-ring (bicyclic) bond motifs is 18. The third kappa shape index (κ3) is 6.42. The van der Waals surface area contributed by atoms with Crippen molar-refractivity contribution < 1.29 is 26.3 Å². The first-order chi connectivity index (χ1) is 39.9. The molecule has 0 aliphatic heterocycles. The number of pyridine rings is 1. The van der Waals surface area contributed by atoms with E-state index < -0.39 is 23.5 Å². The van der Waals surface area contributed by atoms with Crippen molar-refractivity contribution in [3.63, 3.8) is 0 Å². The van der Waals surface area contributed by atoms with Crippen molar-refractivity contribution in [2.24, 2.45) is 0 Å². The Balaban J connectivity index is 1.14. The van der Waals surface area contributed by atoms with Crippen LogP contribution in [0.25, 0.3) is 151 Å². The second-order valence-corrected chi connectivity index (χ2v) is 22.9. The average molecular weight is 1110 g/mol. The predicted octanol–water partition coefficient (Wildman–Crippen LogP) is 20.1. The molecule has 7 aromatic heterocycles. The zero-order valence-electron chi connectivity index (χ0n) is 42.4. The van der Waals surface area contributed by atoms with Crippen molar-refractivity contribution in [2.45, 2.75) is 12.4 Å². The molecule has 0 atom stereocenters. The van der Waals surface area contributed by atoms with Gasteiger partial charge in [0.05, 0.1) is 55.3 Å². The highest BCUT2D eigenvalue weighted by Gasteiger charge is 2.36. The molecule has 0 radical (unpaired) electrons. The van der Waals surface area contributed by atoms with Crippen LogP contribution in [0.1, 0.15) is 16.7 Å². The molecular formula is C68H34F6N6S2. The van der Waals surface area contributed by atoms with Crippen molar-refractivity contribution in [2.75, 3.05) is 0 Å². The maximum Gasteiger partial charge on any atom is 0.416 e. The Bertz CT molecular complexity index is 5720. The number of nitrogens with zero attached hydrogens (tertiary/aromatic N) is 6. The van der Waals surface area contributed by atoms with Crippen LogP contribution in [-0.2, 0) is 12.4 Å². The van der Waals surface area contributed by atoms with Crippen LogP contribution in [0, 0.1) is 11.3 Å². The molecule has 0 spiro atoms. The first-order valence-electron chi connectivity index (χ1n) is 26.3. The average Bonchev–Trinajstić information content (AvgIpc) is 3.41. The molecule has 0 saturated heterocycles. The minimum absolute atomic E-state index is 0.105. The van der Waals surface area contributed by atoms with Crippen molar-refractivity contribution >= 4 is 150 Å². The molecule has 0 N–H and O–H groups in total. The highest BCUT2D eigenvalue weighted by molar-refractivity contribution is 7.26. The minimum Gasteiger partial charge on any atom is -0.305 e. The largest absolute Gasteiger partial charge is 0.416 e. The lowest BCUT2D eigenvalue weighted by molar-refractivity contribution is -0.138. The fourth-order valence-electron chi connectivity index (χ4n) is 13.0. The van der Waals surface area contributed by atoms with Gasteiger partial charge in [0.2, 0.25) is 0 Å². The number of nitriles is 1. The molecule has 17 rings (SSSR count). The number of hydrogen-bond acceptors (Lipinski definition) is 4. The van der Waals surface area contributed by atoms with E-state index in [1.165, 1.54) is 18.2 Å². The molecule has 14 heteroatoms. The number of alkyl halides is 6. The summed E-state index contributed by atoms with van der Waals surface area (Å²) in [5.74, 6) is 0.490. The SMILES string of the molecule is N#Cc1c(-n2c3ccccc3c3cc(C(F)(F)F)ccc32)c(-n2c3ccccc3c3cc4c(cc32)sc2ccccc24)nc(-n2c3ccccc3c3cc(C(F)(F)F)ccc32)c1-n1c2ccccc2c2cc3c(cc21)sc1ccccc13. The molecule has 0 aliphatic rings. The highest BCUT2D eigenvalue weighted by Crippen LogP contribution is 2.49. The van der Waals surface area contributed by atoms with E-state index in [9.17, 15) is 31.6 Å². The van der Waals surface area contributed by atoms with Crippen LogP contribution in [0.3, 0.4) is 0 Å². The molecule has 390 valence electrons. The lowest BCUT2D eigenvalue weighted by Crippen LogP contribution is -2.16. The Morgan fingerprint density at radius 1 is 0.317 bits per heavy atom. The van der Waals surface area contributed by atoms with Gasteiger partial charge in [0.25, 0.3) is 0 Å². The van der Waals surface area contributed by atoms with Crippen molar-refractivity contribution in [3.05, 3.63) is 223 Å². The standard InChI is InChI=1S/C68H34F6N6S2/c69-67(70,71)36-25-27-55-44(29-36)38-13-1-7-19-51(38)77(55)63-50(35-75)64(78-52-20-8-2-15-40(52)46-31-48-42-17-5-11-23-59(42)81-61(48)33-57(46)78)65(79-53-21-9-3-14-39(53)45-30-37(68(72,73)74)26-28-56(45)79)76-66(63)80-54-22-10-4-16-41(54)47-32-49-43-18-6-12-24-60(43)82-62(49)34-58(47)80/h1-34H. The summed E-state index contributed by atoms with van der Waals surface area (Å²) in [5, 5.41) is 22.2. The van der Waals surface area contributed by atoms with Crippen LogP contribution in [0.4, 0.5) is 26.3 Å². The molecular weight excluding hydrogens is 1080 g/mol. The molecule has 0 saturated carbocycles. The zero-order valence-corrected chi connectivity index (χ0v) is 44.0. The van der Waals surface area contributed by atoms with Gasteiger partial charge >= 0.3 is 12.4 Å². The number of aromatic nitrogens is 5. The lowest BCUT2D eigenvalue weighted by atomic mass is 10.1. The van der Waals surface area contributed by atoms with E-state index in [0.717, 1.165) is 102 Å². The molecule has 0 fully saturated rings. The normalized spacial score (nSPS) is 12.7. The van der Waals surface area contributed by atoms with E-state index in [-0.39, 0.29) is 22.9 Å². The van der Waals surface area contributed by atoms with Crippen molar-refractivity contribution in [1.29, 1.82) is 5.26 Å². The summed E-state index contributed by atoms with van der Waals surface area (Å²) in [6, 6.07) is 65.7. The quantitative estimate of drug-likeness (QED) is 0.165. The van der Waals surface area contributed by atoms with Gasteiger partial charge in [-0.2, -0.15) is 31.6 Å².